The number of hydrogen-bond donors (Lipinski definition) is 0. The van der Waals surface area contributed by atoms with Crippen LogP contribution in [0.4, 0.5) is 0 Å². The number of nitrogens with zero attached hydrogens (tertiary/aromatic N) is 2. The van der Waals surface area contributed by atoms with Gasteiger partial charge in [0.15, 0.2) is 0 Å². The molecule has 0 radical (unpaired) electrons. The zero-order valence-electron chi connectivity index (χ0n) is 10.7. The van der Waals surface area contributed by atoms with Crippen molar-refractivity contribution in [2.24, 2.45) is 0 Å². The number of aromatic nitrogens is 2. The van der Waals surface area contributed by atoms with Gasteiger partial charge in [-0.15, -0.1) is 11.8 Å². The molecule has 0 aliphatic heterocycles. The van der Waals surface area contributed by atoms with Crippen molar-refractivity contribution in [1.82, 2.24) is 9.78 Å². The Hall–Kier alpha value is -2.00. The van der Waals surface area contributed by atoms with Gasteiger partial charge in [-0.2, -0.15) is 5.10 Å². The Morgan fingerprint density at radius 3 is 2.16 bits per heavy atom. The molecular weight excluding hydrogens is 252 g/mol. The molecule has 2 nitrogen and oxygen atoms in total. The van der Waals surface area contributed by atoms with Crippen LogP contribution in [0.5, 0.6) is 0 Å². The Labute approximate surface area is 117 Å². The highest BCUT2D eigenvalue weighted by molar-refractivity contribution is 7.98. The average molecular weight is 266 g/mol. The first-order valence-corrected chi connectivity index (χ1v) is 7.36. The number of para-hydroxylation sites is 1. The van der Waals surface area contributed by atoms with E-state index in [1.165, 1.54) is 0 Å². The molecule has 3 heteroatoms. The van der Waals surface area contributed by atoms with Crippen LogP contribution in [0.25, 0.3) is 16.9 Å². The molecular formula is C16H14N2S. The van der Waals surface area contributed by atoms with Crippen molar-refractivity contribution in [3.63, 3.8) is 0 Å². The van der Waals surface area contributed by atoms with Crippen molar-refractivity contribution < 1.29 is 0 Å². The van der Waals surface area contributed by atoms with Crippen molar-refractivity contribution >= 4 is 11.8 Å². The zero-order chi connectivity index (χ0) is 13.1. The van der Waals surface area contributed by atoms with E-state index in [1.807, 2.05) is 41.1 Å². The van der Waals surface area contributed by atoms with Crippen LogP contribution in [0, 0.1) is 0 Å². The quantitative estimate of drug-likeness (QED) is 0.659. The molecule has 0 aliphatic carbocycles. The summed E-state index contributed by atoms with van der Waals surface area (Å²) in [5.74, 6) is 0. The summed E-state index contributed by atoms with van der Waals surface area (Å²) < 4.78 is 1.99. The Kier molecular flexibility index (Phi) is 3.38. The molecule has 0 unspecified atom stereocenters. The van der Waals surface area contributed by atoms with Crippen molar-refractivity contribution in [3.05, 3.63) is 66.7 Å². The summed E-state index contributed by atoms with van der Waals surface area (Å²) in [5.41, 5.74) is 3.25. The Morgan fingerprint density at radius 2 is 1.53 bits per heavy atom. The first-order chi connectivity index (χ1) is 9.38. The fourth-order valence-corrected chi connectivity index (χ4v) is 2.56. The fourth-order valence-electron chi connectivity index (χ4n) is 2.01. The number of rotatable bonds is 3. The van der Waals surface area contributed by atoms with E-state index in [1.54, 1.807) is 11.8 Å². The van der Waals surface area contributed by atoms with Crippen LogP contribution in [0.1, 0.15) is 0 Å². The van der Waals surface area contributed by atoms with Crippen LogP contribution in [0.2, 0.25) is 0 Å². The summed E-state index contributed by atoms with van der Waals surface area (Å²) in [4.78, 5) is 0. The molecule has 0 saturated heterocycles. The third-order valence-corrected chi connectivity index (χ3v) is 3.67. The summed E-state index contributed by atoms with van der Waals surface area (Å²) in [5, 5.41) is 5.86. The average Bonchev–Trinajstić information content (AvgIpc) is 2.93. The molecule has 1 aromatic heterocycles. The molecule has 0 bridgehead atoms. The van der Waals surface area contributed by atoms with Crippen LogP contribution in [-0.2, 0) is 0 Å². The van der Waals surface area contributed by atoms with Gasteiger partial charge >= 0.3 is 0 Å². The first kappa shape index (κ1) is 12.1. The van der Waals surface area contributed by atoms with Gasteiger partial charge in [0.2, 0.25) is 0 Å². The van der Waals surface area contributed by atoms with Gasteiger partial charge in [-0.25, -0.2) is 4.68 Å². The van der Waals surface area contributed by atoms with Gasteiger partial charge in [-0.3, -0.25) is 0 Å². The van der Waals surface area contributed by atoms with Gasteiger partial charge in [0.25, 0.3) is 0 Å². The molecule has 1 heterocycles. The van der Waals surface area contributed by atoms with Crippen molar-refractivity contribution in [1.29, 1.82) is 0 Å². The van der Waals surface area contributed by atoms with Crippen LogP contribution >= 0.6 is 11.8 Å². The molecule has 0 amide bonds. The van der Waals surface area contributed by atoms with Gasteiger partial charge in [0.1, 0.15) is 5.03 Å². The molecule has 0 fully saturated rings. The van der Waals surface area contributed by atoms with E-state index in [2.05, 4.69) is 36.6 Å². The van der Waals surface area contributed by atoms with Crippen LogP contribution < -0.4 is 0 Å². The Morgan fingerprint density at radius 1 is 0.895 bits per heavy atom. The Balaban J connectivity index is 2.09. The van der Waals surface area contributed by atoms with Crippen LogP contribution in [0.15, 0.2) is 71.8 Å². The highest BCUT2D eigenvalue weighted by Crippen LogP contribution is 2.26. The number of benzene rings is 2. The summed E-state index contributed by atoms with van der Waals surface area (Å²) in [6, 6.07) is 22.6. The third kappa shape index (κ3) is 2.42. The lowest BCUT2D eigenvalue weighted by atomic mass is 10.2. The molecule has 0 aliphatic rings. The first-order valence-electron chi connectivity index (χ1n) is 6.13. The van der Waals surface area contributed by atoms with Gasteiger partial charge < -0.3 is 0 Å². The second-order valence-electron chi connectivity index (χ2n) is 4.19. The normalized spacial score (nSPS) is 10.6. The maximum atomic E-state index is 4.72. The maximum Gasteiger partial charge on any atom is 0.100 e. The lowest BCUT2D eigenvalue weighted by molar-refractivity contribution is 0.807. The monoisotopic (exact) mass is 266 g/mol. The lowest BCUT2D eigenvalue weighted by Crippen LogP contribution is -1.97. The Bertz CT molecular complexity index is 660. The van der Waals surface area contributed by atoms with E-state index in [9.17, 15) is 0 Å². The predicted octanol–water partition coefficient (Wildman–Crippen LogP) is 4.26. The second kappa shape index (κ2) is 5.33. The van der Waals surface area contributed by atoms with Crippen LogP contribution in [-0.4, -0.2) is 16.0 Å². The van der Waals surface area contributed by atoms with E-state index in [-0.39, 0.29) is 0 Å². The molecule has 0 saturated carbocycles. The van der Waals surface area contributed by atoms with Crippen molar-refractivity contribution in [2.45, 2.75) is 5.03 Å². The molecule has 0 spiro atoms. The van der Waals surface area contributed by atoms with Crippen molar-refractivity contribution in [2.75, 3.05) is 6.26 Å². The molecule has 3 aromatic rings. The van der Waals surface area contributed by atoms with E-state index in [0.717, 1.165) is 22.0 Å². The molecule has 0 N–H and O–H groups in total. The van der Waals surface area contributed by atoms with E-state index < -0.39 is 0 Å². The lowest BCUT2D eigenvalue weighted by Gasteiger charge is -2.04. The molecule has 94 valence electrons. The molecule has 0 atom stereocenters. The summed E-state index contributed by atoms with van der Waals surface area (Å²) in [7, 11) is 0. The molecule has 2 aromatic carbocycles. The minimum Gasteiger partial charge on any atom is -0.227 e. The highest BCUT2D eigenvalue weighted by atomic mass is 32.2. The maximum absolute atomic E-state index is 4.72. The summed E-state index contributed by atoms with van der Waals surface area (Å²) in [6.07, 6.45) is 2.07. The largest absolute Gasteiger partial charge is 0.227 e. The van der Waals surface area contributed by atoms with E-state index in [4.69, 9.17) is 5.10 Å². The third-order valence-electron chi connectivity index (χ3n) is 2.96. The number of hydrogen-bond acceptors (Lipinski definition) is 2. The summed E-state index contributed by atoms with van der Waals surface area (Å²) >= 11 is 1.71. The van der Waals surface area contributed by atoms with Gasteiger partial charge in [-0.05, 0) is 24.5 Å². The minimum atomic E-state index is 1.01. The highest BCUT2D eigenvalue weighted by Gasteiger charge is 2.09. The van der Waals surface area contributed by atoms with Gasteiger partial charge in [0.05, 0.1) is 11.4 Å². The molecule has 19 heavy (non-hydrogen) atoms. The van der Waals surface area contributed by atoms with Gasteiger partial charge in [0, 0.05) is 5.56 Å². The smallest absolute Gasteiger partial charge is 0.100 e. The predicted molar refractivity (Wildman–Crippen MR) is 80.8 cm³/mol. The SMILES string of the molecule is CSc1cc(-c2ccccc2)nn1-c1ccccc1. The van der Waals surface area contributed by atoms with Gasteiger partial charge in [-0.1, -0.05) is 48.5 Å². The van der Waals surface area contributed by atoms with E-state index in [0.29, 0.717) is 0 Å². The van der Waals surface area contributed by atoms with Crippen molar-refractivity contribution in [3.8, 4) is 16.9 Å². The second-order valence-corrected chi connectivity index (χ2v) is 5.01. The molecule has 3 rings (SSSR count). The standard InChI is InChI=1S/C16H14N2S/c1-19-16-12-15(13-8-4-2-5-9-13)17-18(16)14-10-6-3-7-11-14/h2-12H,1H3. The number of thioether (sulfide) groups is 1. The zero-order valence-corrected chi connectivity index (χ0v) is 11.5. The topological polar surface area (TPSA) is 17.8 Å². The minimum absolute atomic E-state index is 1.01. The fraction of sp³-hybridized carbons (Fsp3) is 0.0625. The van der Waals surface area contributed by atoms with Crippen LogP contribution in [0.3, 0.4) is 0 Å². The summed E-state index contributed by atoms with van der Waals surface area (Å²) in [6.45, 7) is 0. The van der Waals surface area contributed by atoms with E-state index >= 15 is 0 Å².